The maximum atomic E-state index is 11.8. The van der Waals surface area contributed by atoms with Crippen molar-refractivity contribution in [3.63, 3.8) is 0 Å². The van der Waals surface area contributed by atoms with E-state index in [1.807, 2.05) is 31.2 Å². The van der Waals surface area contributed by atoms with Gasteiger partial charge >= 0.3 is 6.03 Å². The number of ether oxygens (including phenoxy) is 2. The van der Waals surface area contributed by atoms with Gasteiger partial charge in [0.05, 0.1) is 12.7 Å². The molecule has 0 radical (unpaired) electrons. The van der Waals surface area contributed by atoms with Crippen LogP contribution in [0.25, 0.3) is 0 Å². The Hall–Kier alpha value is -2.77. The molecule has 0 fully saturated rings. The number of para-hydroxylation sites is 2. The molecule has 2 N–H and O–H groups in total. The fraction of sp³-hybridized carbons (Fsp3) is 0.357. The van der Waals surface area contributed by atoms with E-state index in [0.717, 1.165) is 5.75 Å². The summed E-state index contributed by atoms with van der Waals surface area (Å²) in [7, 11) is 0. The third-order valence-corrected chi connectivity index (χ3v) is 3.16. The molecular weight excluding hydrogens is 286 g/mol. The van der Waals surface area contributed by atoms with Crippen LogP contribution in [-0.2, 0) is 6.54 Å². The molecule has 2 amide bonds. The highest BCUT2D eigenvalue weighted by molar-refractivity contribution is 5.87. The molecule has 116 valence electrons. The SMILES string of the molecule is CCn1cc(NC(=O)NCC2COc3ccccc3O2)nn1. The molecule has 8 nitrogen and oxygen atoms in total. The number of rotatable bonds is 4. The van der Waals surface area contributed by atoms with Crippen LogP contribution in [0.5, 0.6) is 11.5 Å². The van der Waals surface area contributed by atoms with Gasteiger partial charge in [-0.15, -0.1) is 5.10 Å². The van der Waals surface area contributed by atoms with E-state index in [4.69, 9.17) is 9.47 Å². The molecule has 1 aliphatic rings. The zero-order valence-corrected chi connectivity index (χ0v) is 12.2. The van der Waals surface area contributed by atoms with Gasteiger partial charge in [0.25, 0.3) is 0 Å². The summed E-state index contributed by atoms with van der Waals surface area (Å²) < 4.78 is 13.0. The average molecular weight is 303 g/mol. The maximum Gasteiger partial charge on any atom is 0.320 e. The van der Waals surface area contributed by atoms with Gasteiger partial charge in [-0.1, -0.05) is 17.3 Å². The molecule has 0 saturated carbocycles. The monoisotopic (exact) mass is 303 g/mol. The number of fused-ring (bicyclic) bond motifs is 1. The third kappa shape index (κ3) is 3.27. The Balaban J connectivity index is 1.47. The second-order valence-electron chi connectivity index (χ2n) is 4.79. The Kier molecular flexibility index (Phi) is 4.08. The van der Waals surface area contributed by atoms with Gasteiger partial charge in [-0.3, -0.25) is 10.00 Å². The first-order valence-electron chi connectivity index (χ1n) is 7.08. The summed E-state index contributed by atoms with van der Waals surface area (Å²) in [6, 6.07) is 7.10. The summed E-state index contributed by atoms with van der Waals surface area (Å²) in [6.45, 7) is 3.37. The van der Waals surface area contributed by atoms with Gasteiger partial charge in [0.1, 0.15) is 6.61 Å². The van der Waals surface area contributed by atoms with Crippen LogP contribution in [-0.4, -0.2) is 40.3 Å². The van der Waals surface area contributed by atoms with Crippen molar-refractivity contribution < 1.29 is 14.3 Å². The number of aromatic nitrogens is 3. The second-order valence-corrected chi connectivity index (χ2v) is 4.79. The number of aryl methyl sites for hydroxylation is 1. The van der Waals surface area contributed by atoms with Gasteiger partial charge in [-0.05, 0) is 19.1 Å². The summed E-state index contributed by atoms with van der Waals surface area (Å²) in [6.07, 6.45) is 1.43. The molecule has 2 aromatic rings. The van der Waals surface area contributed by atoms with E-state index < -0.39 is 0 Å². The van der Waals surface area contributed by atoms with Gasteiger partial charge in [-0.2, -0.15) is 0 Å². The topological polar surface area (TPSA) is 90.3 Å². The summed E-state index contributed by atoms with van der Waals surface area (Å²) in [5, 5.41) is 13.0. The highest BCUT2D eigenvalue weighted by atomic mass is 16.6. The summed E-state index contributed by atoms with van der Waals surface area (Å²) in [4.78, 5) is 11.8. The predicted molar refractivity (Wildman–Crippen MR) is 79.1 cm³/mol. The minimum Gasteiger partial charge on any atom is -0.486 e. The van der Waals surface area contributed by atoms with Crippen LogP contribution in [0.1, 0.15) is 6.92 Å². The summed E-state index contributed by atoms with van der Waals surface area (Å²) in [5.74, 6) is 1.82. The minimum atomic E-state index is -0.356. The van der Waals surface area contributed by atoms with E-state index in [1.165, 1.54) is 0 Å². The van der Waals surface area contributed by atoms with Crippen molar-refractivity contribution in [2.75, 3.05) is 18.5 Å². The molecule has 1 aromatic heterocycles. The summed E-state index contributed by atoms with van der Waals surface area (Å²) in [5.41, 5.74) is 0. The number of hydrogen-bond donors (Lipinski definition) is 2. The molecule has 22 heavy (non-hydrogen) atoms. The largest absolute Gasteiger partial charge is 0.486 e. The Morgan fingerprint density at radius 1 is 1.41 bits per heavy atom. The molecule has 1 atom stereocenters. The Bertz CT molecular complexity index is 657. The normalized spacial score (nSPS) is 16.1. The van der Waals surface area contributed by atoms with Crippen LogP contribution >= 0.6 is 0 Å². The van der Waals surface area contributed by atoms with Crippen molar-refractivity contribution in [2.45, 2.75) is 19.6 Å². The number of urea groups is 1. The Labute approximate surface area is 127 Å². The number of benzene rings is 1. The van der Waals surface area contributed by atoms with E-state index in [-0.39, 0.29) is 12.1 Å². The highest BCUT2D eigenvalue weighted by Gasteiger charge is 2.21. The van der Waals surface area contributed by atoms with Gasteiger partial charge in [0, 0.05) is 6.54 Å². The molecule has 8 heteroatoms. The third-order valence-electron chi connectivity index (χ3n) is 3.16. The van der Waals surface area contributed by atoms with Crippen molar-refractivity contribution in [2.24, 2.45) is 0 Å². The second kappa shape index (κ2) is 6.33. The van der Waals surface area contributed by atoms with Crippen LogP contribution in [0.2, 0.25) is 0 Å². The van der Waals surface area contributed by atoms with Crippen LogP contribution in [0.3, 0.4) is 0 Å². The molecule has 0 saturated heterocycles. The molecule has 1 unspecified atom stereocenters. The van der Waals surface area contributed by atoms with Crippen molar-refractivity contribution in [3.8, 4) is 11.5 Å². The lowest BCUT2D eigenvalue weighted by atomic mass is 10.2. The first-order valence-corrected chi connectivity index (χ1v) is 7.08. The van der Waals surface area contributed by atoms with Crippen molar-refractivity contribution in [1.82, 2.24) is 20.3 Å². The number of amides is 2. The lowest BCUT2D eigenvalue weighted by Crippen LogP contribution is -2.42. The number of nitrogens with one attached hydrogen (secondary N) is 2. The Morgan fingerprint density at radius 3 is 3.00 bits per heavy atom. The molecule has 2 heterocycles. The smallest absolute Gasteiger partial charge is 0.320 e. The zero-order chi connectivity index (χ0) is 15.4. The molecule has 3 rings (SSSR count). The molecule has 1 aromatic carbocycles. The van der Waals surface area contributed by atoms with Crippen LogP contribution in [0.4, 0.5) is 10.6 Å². The van der Waals surface area contributed by atoms with Crippen LogP contribution in [0.15, 0.2) is 30.5 Å². The van der Waals surface area contributed by atoms with Gasteiger partial charge in [0.2, 0.25) is 0 Å². The first kappa shape index (κ1) is 14.2. The van der Waals surface area contributed by atoms with E-state index in [9.17, 15) is 4.79 Å². The van der Waals surface area contributed by atoms with Gasteiger partial charge in [-0.25, -0.2) is 4.79 Å². The summed E-state index contributed by atoms with van der Waals surface area (Å²) >= 11 is 0. The van der Waals surface area contributed by atoms with E-state index in [2.05, 4.69) is 20.9 Å². The molecule has 0 bridgehead atoms. The van der Waals surface area contributed by atoms with Crippen molar-refractivity contribution >= 4 is 11.8 Å². The first-order chi connectivity index (χ1) is 10.7. The van der Waals surface area contributed by atoms with Crippen LogP contribution in [0, 0.1) is 0 Å². The molecular formula is C14H17N5O3. The fourth-order valence-corrected chi connectivity index (χ4v) is 2.04. The fourth-order valence-electron chi connectivity index (χ4n) is 2.04. The number of hydrogen-bond acceptors (Lipinski definition) is 5. The van der Waals surface area contributed by atoms with E-state index in [1.54, 1.807) is 10.9 Å². The molecule has 0 aliphatic carbocycles. The number of anilines is 1. The highest BCUT2D eigenvalue weighted by Crippen LogP contribution is 2.30. The lowest BCUT2D eigenvalue weighted by Gasteiger charge is -2.26. The van der Waals surface area contributed by atoms with Gasteiger partial charge in [0.15, 0.2) is 23.4 Å². The lowest BCUT2D eigenvalue weighted by molar-refractivity contribution is 0.0922. The van der Waals surface area contributed by atoms with Crippen molar-refractivity contribution in [1.29, 1.82) is 0 Å². The van der Waals surface area contributed by atoms with Crippen molar-refractivity contribution in [3.05, 3.63) is 30.5 Å². The Morgan fingerprint density at radius 2 is 2.23 bits per heavy atom. The minimum absolute atomic E-state index is 0.230. The standard InChI is InChI=1S/C14H17N5O3/c1-2-19-8-13(17-18-19)16-14(20)15-7-10-9-21-11-5-3-4-6-12(11)22-10/h3-6,8,10H,2,7,9H2,1H3,(H2,15,16,20). The number of carbonyl (C=O) groups is 1. The van der Waals surface area contributed by atoms with E-state index in [0.29, 0.717) is 31.3 Å². The number of carbonyl (C=O) groups excluding carboxylic acids is 1. The maximum absolute atomic E-state index is 11.8. The molecule has 0 spiro atoms. The molecule has 1 aliphatic heterocycles. The van der Waals surface area contributed by atoms with E-state index >= 15 is 0 Å². The number of nitrogens with zero attached hydrogens (tertiary/aromatic N) is 3. The predicted octanol–water partition coefficient (Wildman–Crippen LogP) is 1.26. The van der Waals surface area contributed by atoms with Crippen LogP contribution < -0.4 is 20.1 Å². The van der Waals surface area contributed by atoms with Gasteiger partial charge < -0.3 is 14.8 Å². The average Bonchev–Trinajstić information content (AvgIpc) is 3.00. The zero-order valence-electron chi connectivity index (χ0n) is 12.2. The quantitative estimate of drug-likeness (QED) is 0.887.